The van der Waals surface area contributed by atoms with Crippen LogP contribution in [0.3, 0.4) is 0 Å². The van der Waals surface area contributed by atoms with Gasteiger partial charge in [0.25, 0.3) is 0 Å². The Morgan fingerprint density at radius 2 is 1.49 bits per heavy atom. The molecule has 0 aliphatic carbocycles. The van der Waals surface area contributed by atoms with Gasteiger partial charge in [-0.1, -0.05) is 40.2 Å². The first-order valence-electron chi connectivity index (χ1n) is 14.7. The third-order valence-corrected chi connectivity index (χ3v) is 8.21. The summed E-state index contributed by atoms with van der Waals surface area (Å²) in [6, 6.07) is -1.59. The highest BCUT2D eigenvalue weighted by molar-refractivity contribution is 5.96. The van der Waals surface area contributed by atoms with Gasteiger partial charge in [0, 0.05) is 25.2 Å². The number of likely N-dealkylation sites (N-methyl/N-ethyl adjacent to an activating group) is 1. The molecule has 0 aromatic heterocycles. The SMILES string of the molecule is COC(=O)C1CCCCN1C(=O)/C(C)=C/[C@H](C(C)C)N(C)C(=O)[C@@H](NC(=O)C1CCCCN1C(C)C)C(C)C. The molecule has 39 heavy (non-hydrogen) atoms. The van der Waals surface area contributed by atoms with Crippen molar-refractivity contribution in [2.75, 3.05) is 27.2 Å². The molecule has 0 aromatic carbocycles. The summed E-state index contributed by atoms with van der Waals surface area (Å²) >= 11 is 0. The summed E-state index contributed by atoms with van der Waals surface area (Å²) in [6.45, 7) is 15.2. The lowest BCUT2D eigenvalue weighted by atomic mass is 9.95. The number of esters is 1. The first-order chi connectivity index (χ1) is 18.3. The summed E-state index contributed by atoms with van der Waals surface area (Å²) in [4.78, 5) is 58.4. The zero-order valence-electron chi connectivity index (χ0n) is 25.7. The van der Waals surface area contributed by atoms with Gasteiger partial charge in [0.05, 0.1) is 19.2 Å². The number of methoxy groups -OCH3 is 1. The molecular formula is C30H52N4O5. The van der Waals surface area contributed by atoms with Crippen molar-refractivity contribution < 1.29 is 23.9 Å². The lowest BCUT2D eigenvalue weighted by Crippen LogP contribution is -2.58. The molecule has 9 nitrogen and oxygen atoms in total. The molecule has 2 fully saturated rings. The number of rotatable bonds is 10. The predicted molar refractivity (Wildman–Crippen MR) is 153 cm³/mol. The molecule has 1 N–H and O–H groups in total. The Labute approximate surface area is 235 Å². The van der Waals surface area contributed by atoms with Gasteiger partial charge in [-0.3, -0.25) is 19.3 Å². The second-order valence-corrected chi connectivity index (χ2v) is 12.1. The molecule has 4 atom stereocenters. The number of hydrogen-bond acceptors (Lipinski definition) is 6. The van der Waals surface area contributed by atoms with Gasteiger partial charge < -0.3 is 19.9 Å². The molecule has 0 aromatic rings. The van der Waals surface area contributed by atoms with Crippen molar-refractivity contribution in [3.05, 3.63) is 11.6 Å². The van der Waals surface area contributed by atoms with E-state index in [0.717, 1.165) is 38.6 Å². The summed E-state index contributed by atoms with van der Waals surface area (Å²) in [5.41, 5.74) is 0.490. The van der Waals surface area contributed by atoms with E-state index in [4.69, 9.17) is 4.74 Å². The van der Waals surface area contributed by atoms with Crippen molar-refractivity contribution in [2.24, 2.45) is 11.8 Å². The van der Waals surface area contributed by atoms with E-state index in [-0.39, 0.29) is 47.7 Å². The Morgan fingerprint density at radius 3 is 2.03 bits per heavy atom. The third-order valence-electron chi connectivity index (χ3n) is 8.21. The Morgan fingerprint density at radius 1 is 0.897 bits per heavy atom. The van der Waals surface area contributed by atoms with E-state index < -0.39 is 18.1 Å². The normalized spacial score (nSPS) is 22.6. The Balaban J connectivity index is 2.23. The molecule has 2 rings (SSSR count). The Hall–Kier alpha value is -2.42. The maximum Gasteiger partial charge on any atom is 0.328 e. The number of carbonyl (C=O) groups excluding carboxylic acids is 4. The van der Waals surface area contributed by atoms with Gasteiger partial charge in [-0.25, -0.2) is 4.79 Å². The van der Waals surface area contributed by atoms with Crippen molar-refractivity contribution in [3.8, 4) is 0 Å². The van der Waals surface area contributed by atoms with Crippen LogP contribution in [-0.2, 0) is 23.9 Å². The van der Waals surface area contributed by atoms with Crippen LogP contribution in [0.4, 0.5) is 0 Å². The van der Waals surface area contributed by atoms with Crippen LogP contribution >= 0.6 is 0 Å². The quantitative estimate of drug-likeness (QED) is 0.332. The van der Waals surface area contributed by atoms with E-state index >= 15 is 0 Å². The maximum atomic E-state index is 13.8. The van der Waals surface area contributed by atoms with Crippen LogP contribution < -0.4 is 5.32 Å². The van der Waals surface area contributed by atoms with Crippen LogP contribution in [-0.4, -0.2) is 95.8 Å². The molecule has 0 saturated carbocycles. The molecule has 3 amide bonds. The average molecular weight is 549 g/mol. The van der Waals surface area contributed by atoms with Crippen molar-refractivity contribution >= 4 is 23.7 Å². The van der Waals surface area contributed by atoms with Crippen LogP contribution in [0.15, 0.2) is 11.6 Å². The number of piperidine rings is 2. The first-order valence-corrected chi connectivity index (χ1v) is 14.7. The monoisotopic (exact) mass is 548 g/mol. The van der Waals surface area contributed by atoms with Crippen molar-refractivity contribution in [1.29, 1.82) is 0 Å². The molecule has 2 unspecified atom stereocenters. The third kappa shape index (κ3) is 8.29. The molecule has 2 aliphatic rings. The molecule has 2 heterocycles. The van der Waals surface area contributed by atoms with E-state index in [1.807, 2.05) is 33.8 Å². The number of hydrogen-bond donors (Lipinski definition) is 1. The number of ether oxygens (including phenoxy) is 1. The van der Waals surface area contributed by atoms with Gasteiger partial charge in [-0.2, -0.15) is 0 Å². The minimum atomic E-state index is -0.671. The van der Waals surface area contributed by atoms with Crippen molar-refractivity contribution in [2.45, 2.75) is 117 Å². The lowest BCUT2D eigenvalue weighted by Gasteiger charge is -2.39. The average Bonchev–Trinajstić information content (AvgIpc) is 2.92. The summed E-state index contributed by atoms with van der Waals surface area (Å²) in [5, 5.41) is 3.08. The van der Waals surface area contributed by atoms with E-state index in [1.165, 1.54) is 7.11 Å². The number of amides is 3. The maximum absolute atomic E-state index is 13.8. The largest absolute Gasteiger partial charge is 0.467 e. The summed E-state index contributed by atoms with van der Waals surface area (Å²) in [5.74, 6) is -0.951. The number of carbonyl (C=O) groups is 4. The summed E-state index contributed by atoms with van der Waals surface area (Å²) in [7, 11) is 3.08. The lowest BCUT2D eigenvalue weighted by molar-refractivity contribution is -0.153. The Kier molecular flexibility index (Phi) is 12.5. The van der Waals surface area contributed by atoms with Crippen LogP contribution in [0.5, 0.6) is 0 Å². The molecule has 0 spiro atoms. The highest BCUT2D eigenvalue weighted by Gasteiger charge is 2.37. The van der Waals surface area contributed by atoms with E-state index in [0.29, 0.717) is 18.5 Å². The van der Waals surface area contributed by atoms with Crippen LogP contribution in [0.1, 0.15) is 87.0 Å². The van der Waals surface area contributed by atoms with Gasteiger partial charge in [0.2, 0.25) is 17.7 Å². The van der Waals surface area contributed by atoms with Gasteiger partial charge in [0.1, 0.15) is 12.1 Å². The van der Waals surface area contributed by atoms with Crippen LogP contribution in [0, 0.1) is 11.8 Å². The highest BCUT2D eigenvalue weighted by atomic mass is 16.5. The second kappa shape index (κ2) is 14.8. The number of likely N-dealkylation sites (tertiary alicyclic amines) is 2. The summed E-state index contributed by atoms with van der Waals surface area (Å²) in [6.07, 6.45) is 7.00. The minimum Gasteiger partial charge on any atom is -0.467 e. The molecule has 0 radical (unpaired) electrons. The fraction of sp³-hybridized carbons (Fsp3) is 0.800. The highest BCUT2D eigenvalue weighted by Crippen LogP contribution is 2.23. The second-order valence-electron chi connectivity index (χ2n) is 12.1. The molecule has 2 aliphatic heterocycles. The van der Waals surface area contributed by atoms with E-state index in [9.17, 15) is 19.2 Å². The number of nitrogens with one attached hydrogen (secondary N) is 1. The topological polar surface area (TPSA) is 99.3 Å². The molecule has 0 bridgehead atoms. The minimum absolute atomic E-state index is 0.0257. The number of nitrogens with zero attached hydrogens (tertiary/aromatic N) is 3. The molecule has 9 heteroatoms. The van der Waals surface area contributed by atoms with Gasteiger partial charge >= 0.3 is 5.97 Å². The van der Waals surface area contributed by atoms with Gasteiger partial charge in [-0.15, -0.1) is 0 Å². The Bertz CT molecular complexity index is 900. The van der Waals surface area contributed by atoms with Crippen molar-refractivity contribution in [1.82, 2.24) is 20.0 Å². The van der Waals surface area contributed by atoms with Crippen molar-refractivity contribution in [3.63, 3.8) is 0 Å². The van der Waals surface area contributed by atoms with Crippen LogP contribution in [0.25, 0.3) is 0 Å². The molecular weight excluding hydrogens is 496 g/mol. The van der Waals surface area contributed by atoms with Gasteiger partial charge in [0.15, 0.2) is 0 Å². The fourth-order valence-corrected chi connectivity index (χ4v) is 5.84. The zero-order chi connectivity index (χ0) is 29.4. The molecule has 2 saturated heterocycles. The molecule has 222 valence electrons. The smallest absolute Gasteiger partial charge is 0.328 e. The van der Waals surface area contributed by atoms with Crippen LogP contribution in [0.2, 0.25) is 0 Å². The van der Waals surface area contributed by atoms with E-state index in [2.05, 4.69) is 24.1 Å². The van der Waals surface area contributed by atoms with Gasteiger partial charge in [-0.05, 0) is 71.3 Å². The fourth-order valence-electron chi connectivity index (χ4n) is 5.84. The standard InChI is InChI=1S/C30H52N4O5/c1-19(2)25(18-22(7)28(36)34-17-13-11-15-24(34)30(38)39-9)32(8)29(37)26(20(3)4)31-27(35)23-14-10-12-16-33(23)21(5)6/h18-21,23-26H,10-17H2,1-9H3,(H,31,35)/b22-18+/t23?,24?,25-,26+/m1/s1. The zero-order valence-corrected chi connectivity index (χ0v) is 25.7. The van der Waals surface area contributed by atoms with E-state index in [1.54, 1.807) is 23.8 Å². The summed E-state index contributed by atoms with van der Waals surface area (Å²) < 4.78 is 4.94. The predicted octanol–water partition coefficient (Wildman–Crippen LogP) is 3.37. The first kappa shape index (κ1) is 32.8.